The van der Waals surface area contributed by atoms with E-state index in [4.69, 9.17) is 32.4 Å². The van der Waals surface area contributed by atoms with Crippen LogP contribution >= 0.6 is 23.2 Å². The first kappa shape index (κ1) is 23.0. The Morgan fingerprint density at radius 1 is 1.03 bits per heavy atom. The predicted octanol–water partition coefficient (Wildman–Crippen LogP) is 6.67. The van der Waals surface area contributed by atoms with E-state index < -0.39 is 0 Å². The van der Waals surface area contributed by atoms with Gasteiger partial charge in [-0.15, -0.1) is 0 Å². The van der Waals surface area contributed by atoms with Crippen molar-refractivity contribution >= 4 is 51.6 Å². The molecule has 1 N–H and O–H groups in total. The van der Waals surface area contributed by atoms with Crippen LogP contribution in [-0.4, -0.2) is 30.6 Å². The summed E-state index contributed by atoms with van der Waals surface area (Å²) >= 11 is 11.9. The minimum atomic E-state index is -0.323. The Labute approximate surface area is 202 Å². The molecule has 4 rings (SSSR count). The van der Waals surface area contributed by atoms with Crippen LogP contribution in [0.4, 0.5) is 11.4 Å². The first-order valence-corrected chi connectivity index (χ1v) is 11.4. The molecule has 1 heterocycles. The molecule has 0 saturated heterocycles. The number of amides is 1. The van der Waals surface area contributed by atoms with E-state index in [1.165, 1.54) is 0 Å². The quantitative estimate of drug-likeness (QED) is 0.303. The van der Waals surface area contributed by atoms with Gasteiger partial charge in [-0.1, -0.05) is 23.2 Å². The molecule has 1 amide bonds. The van der Waals surface area contributed by atoms with Crippen LogP contribution in [0.3, 0.4) is 0 Å². The predicted molar refractivity (Wildman–Crippen MR) is 134 cm³/mol. The van der Waals surface area contributed by atoms with Gasteiger partial charge in [-0.05, 0) is 74.5 Å². The number of carbonyl (C=O) groups is 1. The van der Waals surface area contributed by atoms with Crippen molar-refractivity contribution in [1.82, 2.24) is 4.98 Å². The standard InChI is InChI=1S/C25H23Cl2N3O3/c1-3-30(4-2)19-9-5-16(6-10-19)25-29-21-14-18(8-12-23(21)33-25)28-24(31)15-32-22-11-7-17(26)13-20(22)27/h5-14H,3-4,15H2,1-2H3,(H,28,31). The monoisotopic (exact) mass is 483 g/mol. The highest BCUT2D eigenvalue weighted by Gasteiger charge is 2.12. The number of rotatable bonds is 8. The Kier molecular flexibility index (Phi) is 7.06. The molecule has 0 aliphatic carbocycles. The lowest BCUT2D eigenvalue weighted by Crippen LogP contribution is -2.21. The second-order valence-electron chi connectivity index (χ2n) is 7.33. The first-order valence-electron chi connectivity index (χ1n) is 10.6. The third-order valence-electron chi connectivity index (χ3n) is 5.17. The Balaban J connectivity index is 1.43. The molecular weight excluding hydrogens is 461 g/mol. The molecule has 4 aromatic rings. The molecule has 0 radical (unpaired) electrons. The average molecular weight is 484 g/mol. The summed E-state index contributed by atoms with van der Waals surface area (Å²) in [7, 11) is 0. The van der Waals surface area contributed by atoms with Crippen LogP contribution in [0, 0.1) is 0 Å². The molecule has 0 aliphatic heterocycles. The van der Waals surface area contributed by atoms with Gasteiger partial charge < -0.3 is 19.4 Å². The lowest BCUT2D eigenvalue weighted by molar-refractivity contribution is -0.118. The third kappa shape index (κ3) is 5.41. The number of aromatic nitrogens is 1. The Hall–Kier alpha value is -3.22. The van der Waals surface area contributed by atoms with Crippen molar-refractivity contribution in [3.8, 4) is 17.2 Å². The minimum absolute atomic E-state index is 0.192. The summed E-state index contributed by atoms with van der Waals surface area (Å²) in [6.45, 7) is 5.97. The number of nitrogens with one attached hydrogen (secondary N) is 1. The molecule has 0 unspecified atom stereocenters. The average Bonchev–Trinajstić information content (AvgIpc) is 3.23. The first-order chi connectivity index (χ1) is 16.0. The minimum Gasteiger partial charge on any atom is -0.482 e. The van der Waals surface area contributed by atoms with Gasteiger partial charge in [-0.25, -0.2) is 4.98 Å². The topological polar surface area (TPSA) is 67.6 Å². The van der Waals surface area contributed by atoms with E-state index in [0.717, 1.165) is 24.3 Å². The Bertz CT molecular complexity index is 1270. The van der Waals surface area contributed by atoms with Crippen LogP contribution in [0.25, 0.3) is 22.6 Å². The molecule has 170 valence electrons. The number of carbonyl (C=O) groups excluding carboxylic acids is 1. The number of nitrogens with zero attached hydrogens (tertiary/aromatic N) is 2. The van der Waals surface area contributed by atoms with Crippen LogP contribution < -0.4 is 15.0 Å². The van der Waals surface area contributed by atoms with Crippen LogP contribution in [0.5, 0.6) is 5.75 Å². The van der Waals surface area contributed by atoms with Gasteiger partial charge >= 0.3 is 0 Å². The van der Waals surface area contributed by atoms with E-state index in [2.05, 4.69) is 41.2 Å². The molecule has 0 aliphatic rings. The van der Waals surface area contributed by atoms with Crippen molar-refractivity contribution in [2.45, 2.75) is 13.8 Å². The summed E-state index contributed by atoms with van der Waals surface area (Å²) in [6, 6.07) is 18.3. The van der Waals surface area contributed by atoms with E-state index in [0.29, 0.717) is 38.5 Å². The lowest BCUT2D eigenvalue weighted by Gasteiger charge is -2.20. The van der Waals surface area contributed by atoms with Gasteiger partial charge in [-0.3, -0.25) is 4.79 Å². The molecule has 0 fully saturated rings. The molecule has 1 aromatic heterocycles. The zero-order valence-corrected chi connectivity index (χ0v) is 19.8. The molecule has 6 nitrogen and oxygen atoms in total. The zero-order chi connectivity index (χ0) is 23.4. The summed E-state index contributed by atoms with van der Waals surface area (Å²) in [5.41, 5.74) is 3.93. The number of benzene rings is 3. The van der Waals surface area contributed by atoms with Crippen LogP contribution in [0.2, 0.25) is 10.0 Å². The Morgan fingerprint density at radius 2 is 1.79 bits per heavy atom. The highest BCUT2D eigenvalue weighted by molar-refractivity contribution is 6.35. The van der Waals surface area contributed by atoms with Gasteiger partial charge in [0, 0.05) is 35.1 Å². The van der Waals surface area contributed by atoms with Gasteiger partial charge in [0.15, 0.2) is 12.2 Å². The SMILES string of the molecule is CCN(CC)c1ccc(-c2nc3cc(NC(=O)COc4ccc(Cl)cc4Cl)ccc3o2)cc1. The second-order valence-corrected chi connectivity index (χ2v) is 8.18. The fourth-order valence-electron chi connectivity index (χ4n) is 3.46. The third-order valence-corrected chi connectivity index (χ3v) is 5.70. The maximum Gasteiger partial charge on any atom is 0.262 e. The van der Waals surface area contributed by atoms with Gasteiger partial charge in [0.05, 0.1) is 5.02 Å². The number of fused-ring (bicyclic) bond motifs is 1. The van der Waals surface area contributed by atoms with Crippen molar-refractivity contribution in [2.75, 3.05) is 29.9 Å². The van der Waals surface area contributed by atoms with E-state index in [-0.39, 0.29) is 12.5 Å². The molecule has 0 atom stereocenters. The smallest absolute Gasteiger partial charge is 0.262 e. The fourth-order valence-corrected chi connectivity index (χ4v) is 3.93. The largest absolute Gasteiger partial charge is 0.482 e. The highest BCUT2D eigenvalue weighted by atomic mass is 35.5. The maximum atomic E-state index is 12.3. The number of hydrogen-bond acceptors (Lipinski definition) is 5. The van der Waals surface area contributed by atoms with Crippen LogP contribution in [0.1, 0.15) is 13.8 Å². The molecule has 3 aromatic carbocycles. The van der Waals surface area contributed by atoms with Crippen molar-refractivity contribution in [3.63, 3.8) is 0 Å². The number of ether oxygens (including phenoxy) is 1. The Morgan fingerprint density at radius 3 is 2.48 bits per heavy atom. The van der Waals surface area contributed by atoms with Crippen LogP contribution in [-0.2, 0) is 4.79 Å². The summed E-state index contributed by atoms with van der Waals surface area (Å²) in [5.74, 6) is 0.594. The second kappa shape index (κ2) is 10.1. The number of anilines is 2. The highest BCUT2D eigenvalue weighted by Crippen LogP contribution is 2.29. The lowest BCUT2D eigenvalue weighted by atomic mass is 10.2. The molecule has 33 heavy (non-hydrogen) atoms. The summed E-state index contributed by atoms with van der Waals surface area (Å²) in [4.78, 5) is 19.2. The fraction of sp³-hybridized carbons (Fsp3) is 0.200. The van der Waals surface area contributed by atoms with Gasteiger partial charge in [0.25, 0.3) is 5.91 Å². The van der Waals surface area contributed by atoms with Gasteiger partial charge in [0.2, 0.25) is 5.89 Å². The van der Waals surface area contributed by atoms with E-state index in [9.17, 15) is 4.79 Å². The van der Waals surface area contributed by atoms with Crippen molar-refractivity contribution in [3.05, 3.63) is 70.7 Å². The summed E-state index contributed by atoms with van der Waals surface area (Å²) in [5, 5.41) is 3.64. The van der Waals surface area contributed by atoms with Gasteiger partial charge in [0.1, 0.15) is 11.3 Å². The van der Waals surface area contributed by atoms with Crippen molar-refractivity contribution in [1.29, 1.82) is 0 Å². The number of hydrogen-bond donors (Lipinski definition) is 1. The molecule has 0 bridgehead atoms. The van der Waals surface area contributed by atoms with Crippen molar-refractivity contribution in [2.24, 2.45) is 0 Å². The molecule has 8 heteroatoms. The summed E-state index contributed by atoms with van der Waals surface area (Å²) in [6.07, 6.45) is 0. The summed E-state index contributed by atoms with van der Waals surface area (Å²) < 4.78 is 11.4. The van der Waals surface area contributed by atoms with Crippen LogP contribution in [0.15, 0.2) is 65.1 Å². The van der Waals surface area contributed by atoms with Gasteiger partial charge in [-0.2, -0.15) is 0 Å². The van der Waals surface area contributed by atoms with E-state index >= 15 is 0 Å². The maximum absolute atomic E-state index is 12.3. The normalized spacial score (nSPS) is 10.9. The molecule has 0 spiro atoms. The van der Waals surface area contributed by atoms with Crippen molar-refractivity contribution < 1.29 is 13.9 Å². The molecular formula is C25H23Cl2N3O3. The number of oxazole rings is 1. The number of halogens is 2. The zero-order valence-electron chi connectivity index (χ0n) is 18.3. The van der Waals surface area contributed by atoms with E-state index in [1.807, 2.05) is 12.1 Å². The molecule has 0 saturated carbocycles. The van der Waals surface area contributed by atoms with E-state index in [1.54, 1.807) is 36.4 Å².